The maximum atomic E-state index is 11.9. The molecule has 0 saturated heterocycles. The number of carbonyl (C=O) groups excluding carboxylic acids is 1. The van der Waals surface area contributed by atoms with Crippen molar-refractivity contribution in [3.8, 4) is 0 Å². The molecule has 0 bridgehead atoms. The molecular formula is C14H10BrClN2O3. The number of halogens is 2. The van der Waals surface area contributed by atoms with Crippen LogP contribution in [0.25, 0.3) is 0 Å². The molecule has 2 amide bonds. The van der Waals surface area contributed by atoms with Crippen LogP contribution in [0.1, 0.15) is 10.4 Å². The lowest BCUT2D eigenvalue weighted by Crippen LogP contribution is -2.19. The highest BCUT2D eigenvalue weighted by Gasteiger charge is 2.09. The summed E-state index contributed by atoms with van der Waals surface area (Å²) in [5.74, 6) is -1.12. The molecule has 0 aliphatic carbocycles. The van der Waals surface area contributed by atoms with Crippen molar-refractivity contribution in [3.63, 3.8) is 0 Å². The van der Waals surface area contributed by atoms with Gasteiger partial charge in [0, 0.05) is 20.9 Å². The molecule has 7 heteroatoms. The second-order valence-corrected chi connectivity index (χ2v) is 5.48. The van der Waals surface area contributed by atoms with Crippen molar-refractivity contribution in [2.24, 2.45) is 0 Å². The molecule has 0 heterocycles. The lowest BCUT2D eigenvalue weighted by Gasteiger charge is -2.09. The molecule has 2 rings (SSSR count). The summed E-state index contributed by atoms with van der Waals surface area (Å²) in [7, 11) is 0. The number of benzene rings is 2. The van der Waals surface area contributed by atoms with Crippen LogP contribution in [-0.2, 0) is 0 Å². The summed E-state index contributed by atoms with van der Waals surface area (Å²) >= 11 is 9.12. The van der Waals surface area contributed by atoms with E-state index in [2.05, 4.69) is 26.6 Å². The smallest absolute Gasteiger partial charge is 0.335 e. The van der Waals surface area contributed by atoms with E-state index in [0.717, 1.165) is 4.47 Å². The molecule has 0 unspecified atom stereocenters. The summed E-state index contributed by atoms with van der Waals surface area (Å²) < 4.78 is 0.830. The van der Waals surface area contributed by atoms with Gasteiger partial charge in [-0.15, -0.1) is 0 Å². The fourth-order valence-electron chi connectivity index (χ4n) is 1.64. The zero-order chi connectivity index (χ0) is 15.4. The average Bonchev–Trinajstić information content (AvgIpc) is 2.37. The minimum absolute atomic E-state index is 0.000237. The van der Waals surface area contributed by atoms with Crippen LogP contribution >= 0.6 is 27.5 Å². The predicted molar refractivity (Wildman–Crippen MR) is 85.2 cm³/mol. The molecule has 21 heavy (non-hydrogen) atoms. The number of anilines is 2. The van der Waals surface area contributed by atoms with Crippen molar-refractivity contribution in [2.45, 2.75) is 0 Å². The highest BCUT2D eigenvalue weighted by Crippen LogP contribution is 2.20. The number of hydrogen-bond acceptors (Lipinski definition) is 2. The third-order valence-electron chi connectivity index (χ3n) is 2.49. The molecule has 0 atom stereocenters. The van der Waals surface area contributed by atoms with Gasteiger partial charge in [0.1, 0.15) is 0 Å². The number of urea groups is 1. The Morgan fingerprint density at radius 2 is 1.76 bits per heavy atom. The van der Waals surface area contributed by atoms with E-state index in [1.54, 1.807) is 18.2 Å². The van der Waals surface area contributed by atoms with Crippen LogP contribution in [0, 0.1) is 0 Å². The summed E-state index contributed by atoms with van der Waals surface area (Å²) in [6.45, 7) is 0. The normalized spacial score (nSPS) is 10.0. The molecule has 108 valence electrons. The molecule has 2 aromatic rings. The average molecular weight is 370 g/mol. The van der Waals surface area contributed by atoms with Gasteiger partial charge in [-0.3, -0.25) is 0 Å². The van der Waals surface area contributed by atoms with Crippen LogP contribution in [-0.4, -0.2) is 17.1 Å². The van der Waals surface area contributed by atoms with Crippen LogP contribution in [0.15, 0.2) is 46.9 Å². The zero-order valence-electron chi connectivity index (χ0n) is 10.6. The maximum absolute atomic E-state index is 11.9. The topological polar surface area (TPSA) is 78.4 Å². The Labute approximate surface area is 134 Å². The van der Waals surface area contributed by atoms with E-state index >= 15 is 0 Å². The Morgan fingerprint density at radius 3 is 2.43 bits per heavy atom. The summed E-state index contributed by atoms with van der Waals surface area (Å²) in [6.07, 6.45) is 0. The molecular weight excluding hydrogens is 360 g/mol. The van der Waals surface area contributed by atoms with Gasteiger partial charge in [-0.2, -0.15) is 0 Å². The van der Waals surface area contributed by atoms with E-state index < -0.39 is 12.0 Å². The minimum Gasteiger partial charge on any atom is -0.478 e. The molecule has 0 aliphatic heterocycles. The standard InChI is InChI=1S/C14H10BrClN2O3/c15-9-2-1-3-11(6-9)17-14(21)18-12-5-8(13(19)20)4-10(16)7-12/h1-7H,(H,19,20)(H2,17,18,21). The molecule has 3 N–H and O–H groups in total. The van der Waals surface area contributed by atoms with Gasteiger partial charge < -0.3 is 15.7 Å². The number of hydrogen-bond donors (Lipinski definition) is 3. The predicted octanol–water partition coefficient (Wildman–Crippen LogP) is 4.44. The molecule has 0 fully saturated rings. The number of rotatable bonds is 3. The lowest BCUT2D eigenvalue weighted by atomic mass is 10.2. The number of carboxylic acid groups (broad SMARTS) is 1. The van der Waals surface area contributed by atoms with E-state index in [1.807, 2.05) is 6.07 Å². The highest BCUT2D eigenvalue weighted by molar-refractivity contribution is 9.10. The molecule has 0 spiro atoms. The molecule has 5 nitrogen and oxygen atoms in total. The minimum atomic E-state index is -1.12. The number of amides is 2. The van der Waals surface area contributed by atoms with Crippen LogP contribution in [0.5, 0.6) is 0 Å². The van der Waals surface area contributed by atoms with Gasteiger partial charge in [-0.1, -0.05) is 33.6 Å². The number of nitrogens with one attached hydrogen (secondary N) is 2. The van der Waals surface area contributed by atoms with Crippen LogP contribution in [0.4, 0.5) is 16.2 Å². The van der Waals surface area contributed by atoms with Crippen molar-refractivity contribution in [1.82, 2.24) is 0 Å². The molecule has 0 aromatic heterocycles. The highest BCUT2D eigenvalue weighted by atomic mass is 79.9. The first-order valence-electron chi connectivity index (χ1n) is 5.81. The van der Waals surface area contributed by atoms with Gasteiger partial charge in [-0.05, 0) is 36.4 Å². The van der Waals surface area contributed by atoms with Crippen molar-refractivity contribution in [2.75, 3.05) is 10.6 Å². The second-order valence-electron chi connectivity index (χ2n) is 4.12. The largest absolute Gasteiger partial charge is 0.478 e. The summed E-state index contributed by atoms with van der Waals surface area (Å²) in [4.78, 5) is 22.8. The third kappa shape index (κ3) is 4.47. The van der Waals surface area contributed by atoms with Gasteiger partial charge in [0.2, 0.25) is 0 Å². The lowest BCUT2D eigenvalue weighted by molar-refractivity contribution is 0.0697. The van der Waals surface area contributed by atoms with Crippen LogP contribution < -0.4 is 10.6 Å². The summed E-state index contributed by atoms with van der Waals surface area (Å²) in [5.41, 5.74) is 0.898. The Balaban J connectivity index is 2.11. The number of carbonyl (C=O) groups is 2. The zero-order valence-corrected chi connectivity index (χ0v) is 12.9. The van der Waals surface area contributed by atoms with E-state index in [1.165, 1.54) is 18.2 Å². The van der Waals surface area contributed by atoms with E-state index in [-0.39, 0.29) is 10.6 Å². The third-order valence-corrected chi connectivity index (χ3v) is 3.20. The SMILES string of the molecule is O=C(Nc1cccc(Br)c1)Nc1cc(Cl)cc(C(=O)O)c1. The van der Waals surface area contributed by atoms with Gasteiger partial charge in [-0.25, -0.2) is 9.59 Å². The summed E-state index contributed by atoms with van der Waals surface area (Å²) in [5, 5.41) is 14.3. The Morgan fingerprint density at radius 1 is 1.05 bits per heavy atom. The Hall–Kier alpha value is -2.05. The Kier molecular flexibility index (Phi) is 4.82. The molecule has 0 aliphatic rings. The van der Waals surface area contributed by atoms with Crippen LogP contribution in [0.3, 0.4) is 0 Å². The van der Waals surface area contributed by atoms with Crippen molar-refractivity contribution < 1.29 is 14.7 Å². The first kappa shape index (κ1) is 15.3. The van der Waals surface area contributed by atoms with Gasteiger partial charge in [0.05, 0.1) is 5.56 Å². The quantitative estimate of drug-likeness (QED) is 0.748. The fourth-order valence-corrected chi connectivity index (χ4v) is 2.28. The van der Waals surface area contributed by atoms with E-state index in [0.29, 0.717) is 11.4 Å². The molecule has 0 saturated carbocycles. The molecule has 2 aromatic carbocycles. The van der Waals surface area contributed by atoms with Crippen molar-refractivity contribution in [1.29, 1.82) is 0 Å². The van der Waals surface area contributed by atoms with E-state index in [4.69, 9.17) is 16.7 Å². The number of aromatic carboxylic acids is 1. The first-order valence-corrected chi connectivity index (χ1v) is 6.98. The van der Waals surface area contributed by atoms with Crippen LogP contribution in [0.2, 0.25) is 5.02 Å². The van der Waals surface area contributed by atoms with Crippen molar-refractivity contribution in [3.05, 3.63) is 57.5 Å². The summed E-state index contributed by atoms with van der Waals surface area (Å²) in [6, 6.07) is 10.7. The van der Waals surface area contributed by atoms with Gasteiger partial charge in [0.25, 0.3) is 0 Å². The second kappa shape index (κ2) is 6.60. The van der Waals surface area contributed by atoms with Crippen molar-refractivity contribution >= 4 is 50.9 Å². The number of carboxylic acids is 1. The Bertz CT molecular complexity index is 706. The van der Waals surface area contributed by atoms with Gasteiger partial charge in [0.15, 0.2) is 0 Å². The van der Waals surface area contributed by atoms with Gasteiger partial charge >= 0.3 is 12.0 Å². The maximum Gasteiger partial charge on any atom is 0.335 e. The first-order chi connectivity index (χ1) is 9.94. The van der Waals surface area contributed by atoms with E-state index in [9.17, 15) is 9.59 Å². The monoisotopic (exact) mass is 368 g/mol. The fraction of sp³-hybridized carbons (Fsp3) is 0. The molecule has 0 radical (unpaired) electrons.